The van der Waals surface area contributed by atoms with E-state index in [0.717, 1.165) is 39.7 Å². The Morgan fingerprint density at radius 3 is 2.68 bits per heavy atom. The van der Waals surface area contributed by atoms with E-state index in [1.165, 1.54) is 5.56 Å². The van der Waals surface area contributed by atoms with E-state index < -0.39 is 0 Å². The van der Waals surface area contributed by atoms with Crippen molar-refractivity contribution in [1.82, 2.24) is 9.97 Å². The molecule has 1 aromatic carbocycles. The van der Waals surface area contributed by atoms with Gasteiger partial charge in [-0.2, -0.15) is 0 Å². The van der Waals surface area contributed by atoms with Gasteiger partial charge >= 0.3 is 0 Å². The van der Waals surface area contributed by atoms with Crippen molar-refractivity contribution in [2.75, 3.05) is 0 Å². The molecule has 0 radical (unpaired) electrons. The molecule has 0 aliphatic carbocycles. The smallest absolute Gasteiger partial charge is 0.227 e. The van der Waals surface area contributed by atoms with Crippen LogP contribution >= 0.6 is 0 Å². The number of rotatable bonds is 2. The number of hydrogen-bond acceptors (Lipinski definition) is 3. The Hall–Kier alpha value is -2.68. The Labute approximate surface area is 128 Å². The van der Waals surface area contributed by atoms with E-state index >= 15 is 0 Å². The minimum Gasteiger partial charge on any atom is -0.437 e. The third-order valence-electron chi connectivity index (χ3n) is 4.01. The van der Waals surface area contributed by atoms with Crippen LogP contribution in [-0.2, 0) is 6.42 Å². The number of benzene rings is 1. The molecule has 4 aromatic rings. The average Bonchev–Trinajstić information content (AvgIpc) is 2.92. The van der Waals surface area contributed by atoms with Crippen LogP contribution in [0.4, 0.5) is 0 Å². The Kier molecular flexibility index (Phi) is 2.93. The van der Waals surface area contributed by atoms with Crippen molar-refractivity contribution in [1.29, 1.82) is 0 Å². The van der Waals surface area contributed by atoms with Gasteiger partial charge in [0.1, 0.15) is 5.58 Å². The van der Waals surface area contributed by atoms with Gasteiger partial charge in [0, 0.05) is 28.2 Å². The van der Waals surface area contributed by atoms with E-state index in [2.05, 4.69) is 41.2 Å². The maximum atomic E-state index is 6.02. The van der Waals surface area contributed by atoms with Crippen LogP contribution in [0.2, 0.25) is 0 Å². The van der Waals surface area contributed by atoms with Crippen molar-refractivity contribution >= 4 is 22.1 Å². The molecular weight excluding hydrogens is 272 g/mol. The minimum absolute atomic E-state index is 0.688. The summed E-state index contributed by atoms with van der Waals surface area (Å²) in [7, 11) is 0. The Morgan fingerprint density at radius 2 is 1.91 bits per heavy atom. The van der Waals surface area contributed by atoms with Crippen LogP contribution in [0.5, 0.6) is 0 Å². The normalized spacial score (nSPS) is 11.4. The molecule has 108 valence electrons. The molecule has 0 bridgehead atoms. The first-order valence-electron chi connectivity index (χ1n) is 7.50. The lowest BCUT2D eigenvalue weighted by Crippen LogP contribution is -1.86. The second-order valence-corrected chi connectivity index (χ2v) is 5.49. The number of nitrogens with zero attached hydrogens (tertiary/aromatic N) is 2. The zero-order valence-electron chi connectivity index (χ0n) is 12.6. The number of aromatic nitrogens is 2. The van der Waals surface area contributed by atoms with E-state index in [0.29, 0.717) is 5.71 Å². The number of aryl methyl sites for hydroxylation is 2. The SMILES string of the molecule is CCc1ccc(-c2cccc3c2oc2nc(C)ccc23)nc1. The molecule has 0 spiro atoms. The maximum Gasteiger partial charge on any atom is 0.227 e. The molecule has 0 saturated heterocycles. The Morgan fingerprint density at radius 1 is 1.00 bits per heavy atom. The summed E-state index contributed by atoms with van der Waals surface area (Å²) in [6.45, 7) is 4.10. The van der Waals surface area contributed by atoms with Crippen molar-refractivity contribution in [3.05, 3.63) is 59.9 Å². The standard InChI is InChI=1S/C19H16N2O/c1-3-13-8-10-17(20-11-13)16-6-4-5-14-15-9-7-12(2)21-19(15)22-18(14)16/h4-11H,3H2,1-2H3. The van der Waals surface area contributed by atoms with Gasteiger partial charge in [0.15, 0.2) is 0 Å². The largest absolute Gasteiger partial charge is 0.437 e. The van der Waals surface area contributed by atoms with E-state index in [-0.39, 0.29) is 0 Å². The first kappa shape index (κ1) is 13.0. The number of furan rings is 1. The Balaban J connectivity index is 1.99. The average molecular weight is 288 g/mol. The molecule has 3 aromatic heterocycles. The van der Waals surface area contributed by atoms with E-state index in [4.69, 9.17) is 4.42 Å². The van der Waals surface area contributed by atoms with Crippen molar-refractivity contribution in [3.63, 3.8) is 0 Å². The molecule has 0 unspecified atom stereocenters. The predicted molar refractivity (Wildman–Crippen MR) is 88.9 cm³/mol. The van der Waals surface area contributed by atoms with Crippen LogP contribution in [0.1, 0.15) is 18.2 Å². The van der Waals surface area contributed by atoms with Crippen LogP contribution in [0.15, 0.2) is 53.1 Å². The van der Waals surface area contributed by atoms with Crippen LogP contribution in [-0.4, -0.2) is 9.97 Å². The first-order chi connectivity index (χ1) is 10.8. The van der Waals surface area contributed by atoms with Gasteiger partial charge in [0.2, 0.25) is 5.71 Å². The number of fused-ring (bicyclic) bond motifs is 3. The lowest BCUT2D eigenvalue weighted by Gasteiger charge is -2.02. The highest BCUT2D eigenvalue weighted by atomic mass is 16.3. The molecule has 3 nitrogen and oxygen atoms in total. The fraction of sp³-hybridized carbons (Fsp3) is 0.158. The van der Waals surface area contributed by atoms with E-state index in [9.17, 15) is 0 Å². The summed E-state index contributed by atoms with van der Waals surface area (Å²) in [5.41, 5.74) is 5.67. The van der Waals surface area contributed by atoms with Gasteiger partial charge in [-0.25, -0.2) is 4.98 Å². The zero-order chi connectivity index (χ0) is 15.1. The van der Waals surface area contributed by atoms with Gasteiger partial charge in [-0.1, -0.05) is 25.1 Å². The van der Waals surface area contributed by atoms with Crippen molar-refractivity contribution in [2.45, 2.75) is 20.3 Å². The van der Waals surface area contributed by atoms with Gasteiger partial charge in [-0.15, -0.1) is 0 Å². The second-order valence-electron chi connectivity index (χ2n) is 5.49. The third-order valence-corrected chi connectivity index (χ3v) is 4.01. The lowest BCUT2D eigenvalue weighted by molar-refractivity contribution is 0.653. The number of para-hydroxylation sites is 1. The van der Waals surface area contributed by atoms with Gasteiger partial charge in [-0.3, -0.25) is 4.98 Å². The molecule has 0 saturated carbocycles. The van der Waals surface area contributed by atoms with Crippen molar-refractivity contribution < 1.29 is 4.42 Å². The molecule has 0 aliphatic rings. The second kappa shape index (κ2) is 4.95. The summed E-state index contributed by atoms with van der Waals surface area (Å²) in [5.74, 6) is 0. The summed E-state index contributed by atoms with van der Waals surface area (Å²) in [5, 5.41) is 2.13. The van der Waals surface area contributed by atoms with Gasteiger partial charge in [0.05, 0.1) is 5.69 Å². The third kappa shape index (κ3) is 1.98. The van der Waals surface area contributed by atoms with Crippen molar-refractivity contribution in [3.8, 4) is 11.3 Å². The summed E-state index contributed by atoms with van der Waals surface area (Å²) in [4.78, 5) is 9.07. The fourth-order valence-corrected chi connectivity index (χ4v) is 2.77. The van der Waals surface area contributed by atoms with E-state index in [1.807, 2.05) is 31.3 Å². The van der Waals surface area contributed by atoms with Gasteiger partial charge in [0.25, 0.3) is 0 Å². The molecule has 0 fully saturated rings. The number of hydrogen-bond donors (Lipinski definition) is 0. The minimum atomic E-state index is 0.688. The molecule has 3 heterocycles. The molecule has 0 amide bonds. The van der Waals surface area contributed by atoms with E-state index in [1.54, 1.807) is 0 Å². The zero-order valence-corrected chi connectivity index (χ0v) is 12.6. The molecule has 0 atom stereocenters. The summed E-state index contributed by atoms with van der Waals surface area (Å²) >= 11 is 0. The number of pyridine rings is 2. The molecule has 3 heteroatoms. The molecule has 0 N–H and O–H groups in total. The molecule has 4 rings (SSSR count). The van der Waals surface area contributed by atoms with Crippen LogP contribution in [0.25, 0.3) is 33.3 Å². The van der Waals surface area contributed by atoms with Crippen molar-refractivity contribution in [2.24, 2.45) is 0 Å². The highest BCUT2D eigenvalue weighted by molar-refractivity contribution is 6.08. The van der Waals surface area contributed by atoms with Crippen LogP contribution < -0.4 is 0 Å². The molecule has 22 heavy (non-hydrogen) atoms. The highest BCUT2D eigenvalue weighted by Gasteiger charge is 2.13. The van der Waals surface area contributed by atoms with Gasteiger partial charge in [-0.05, 0) is 43.2 Å². The quantitative estimate of drug-likeness (QED) is 0.526. The first-order valence-corrected chi connectivity index (χ1v) is 7.50. The summed E-state index contributed by atoms with van der Waals surface area (Å²) in [6.07, 6.45) is 2.92. The predicted octanol–water partition coefficient (Wildman–Crippen LogP) is 4.91. The monoisotopic (exact) mass is 288 g/mol. The summed E-state index contributed by atoms with van der Waals surface area (Å²) in [6, 6.07) is 14.4. The van der Waals surface area contributed by atoms with Crippen LogP contribution in [0, 0.1) is 6.92 Å². The maximum absolute atomic E-state index is 6.02. The molecular formula is C19H16N2O. The topological polar surface area (TPSA) is 38.9 Å². The highest BCUT2D eigenvalue weighted by Crippen LogP contribution is 2.34. The molecule has 0 aliphatic heterocycles. The lowest BCUT2D eigenvalue weighted by atomic mass is 10.1. The van der Waals surface area contributed by atoms with Crippen LogP contribution in [0.3, 0.4) is 0 Å². The van der Waals surface area contributed by atoms with Gasteiger partial charge < -0.3 is 4.42 Å². The summed E-state index contributed by atoms with van der Waals surface area (Å²) < 4.78 is 6.02. The Bertz CT molecular complexity index is 968. The fourth-order valence-electron chi connectivity index (χ4n) is 2.77.